The average molecular weight is 364 g/mol. The molecule has 1 saturated carbocycles. The molecule has 25 heavy (non-hydrogen) atoms. The fraction of sp³-hybridized carbons (Fsp3) is 0.688. The lowest BCUT2D eigenvalue weighted by molar-refractivity contribution is 0.258. The highest BCUT2D eigenvalue weighted by Gasteiger charge is 2.36. The summed E-state index contributed by atoms with van der Waals surface area (Å²) < 4.78 is 27.9. The number of fused-ring (bicyclic) bond motifs is 1. The standard InChI is InChI=1S/C16H24N6O2S/c1-2-21-11-19-14-15(17-10-18-16(14)21)20-12-4-6-13(7-5-12)22-8-3-9-25(22,23)24/h10-13H,2-9H2,1H3,(H,17,18,20). The Kier molecular flexibility index (Phi) is 4.36. The predicted molar refractivity (Wildman–Crippen MR) is 95.8 cm³/mol. The molecule has 2 aromatic heterocycles. The Morgan fingerprint density at radius 2 is 2.00 bits per heavy atom. The maximum atomic E-state index is 12.1. The molecule has 0 spiro atoms. The van der Waals surface area contributed by atoms with Crippen LogP contribution < -0.4 is 5.32 Å². The molecule has 1 aliphatic heterocycles. The molecule has 2 fully saturated rings. The molecular weight excluding hydrogens is 340 g/mol. The van der Waals surface area contributed by atoms with Crippen LogP contribution in [0.15, 0.2) is 12.7 Å². The predicted octanol–water partition coefficient (Wildman–Crippen LogP) is 1.60. The van der Waals surface area contributed by atoms with E-state index < -0.39 is 10.0 Å². The molecule has 0 amide bonds. The Hall–Kier alpha value is -1.74. The number of hydrogen-bond acceptors (Lipinski definition) is 6. The lowest BCUT2D eigenvalue weighted by Crippen LogP contribution is -2.41. The van der Waals surface area contributed by atoms with Crippen LogP contribution in [0.4, 0.5) is 5.82 Å². The lowest BCUT2D eigenvalue weighted by Gasteiger charge is -2.34. The van der Waals surface area contributed by atoms with Gasteiger partial charge in [0.15, 0.2) is 11.5 Å². The van der Waals surface area contributed by atoms with Crippen molar-refractivity contribution in [3.63, 3.8) is 0 Å². The molecule has 1 saturated heterocycles. The second-order valence-corrected chi connectivity index (χ2v) is 8.90. The summed E-state index contributed by atoms with van der Waals surface area (Å²) >= 11 is 0. The van der Waals surface area contributed by atoms with Gasteiger partial charge in [0.25, 0.3) is 0 Å². The highest BCUT2D eigenvalue weighted by molar-refractivity contribution is 7.89. The molecule has 4 rings (SSSR count). The number of imidazole rings is 1. The van der Waals surface area contributed by atoms with Gasteiger partial charge in [-0.05, 0) is 39.0 Å². The van der Waals surface area contributed by atoms with Crippen molar-refractivity contribution in [2.24, 2.45) is 0 Å². The van der Waals surface area contributed by atoms with Crippen LogP contribution in [-0.4, -0.2) is 56.6 Å². The van der Waals surface area contributed by atoms with Crippen LogP contribution in [0.1, 0.15) is 39.0 Å². The molecule has 0 unspecified atom stereocenters. The minimum absolute atomic E-state index is 0.162. The third kappa shape index (κ3) is 3.10. The molecule has 9 heteroatoms. The summed E-state index contributed by atoms with van der Waals surface area (Å²) in [6.07, 6.45) is 7.80. The monoisotopic (exact) mass is 364 g/mol. The Morgan fingerprint density at radius 3 is 2.68 bits per heavy atom. The Balaban J connectivity index is 1.43. The zero-order valence-corrected chi connectivity index (χ0v) is 15.2. The minimum atomic E-state index is -3.01. The molecule has 2 aliphatic rings. The first-order valence-corrected chi connectivity index (χ1v) is 10.6. The third-order valence-corrected chi connectivity index (χ3v) is 7.32. The molecule has 8 nitrogen and oxygen atoms in total. The molecule has 136 valence electrons. The molecule has 0 aromatic carbocycles. The fourth-order valence-corrected chi connectivity index (χ4v) is 5.79. The van der Waals surface area contributed by atoms with E-state index in [0.29, 0.717) is 18.3 Å². The van der Waals surface area contributed by atoms with E-state index in [1.54, 1.807) is 17.0 Å². The quantitative estimate of drug-likeness (QED) is 0.886. The largest absolute Gasteiger partial charge is 0.365 e. The summed E-state index contributed by atoms with van der Waals surface area (Å²) in [5, 5.41) is 3.50. The summed E-state index contributed by atoms with van der Waals surface area (Å²) in [5.74, 6) is 1.08. The summed E-state index contributed by atoms with van der Waals surface area (Å²) in [7, 11) is -3.01. The summed E-state index contributed by atoms with van der Waals surface area (Å²) in [6, 6.07) is 0.460. The molecule has 0 radical (unpaired) electrons. The second-order valence-electron chi connectivity index (χ2n) is 6.86. The van der Waals surface area contributed by atoms with E-state index in [4.69, 9.17) is 0 Å². The minimum Gasteiger partial charge on any atom is -0.365 e. The molecule has 1 N–H and O–H groups in total. The topological polar surface area (TPSA) is 93.0 Å². The number of hydrogen-bond donors (Lipinski definition) is 1. The van der Waals surface area contributed by atoms with Crippen molar-refractivity contribution in [1.29, 1.82) is 0 Å². The van der Waals surface area contributed by atoms with Crippen LogP contribution in [-0.2, 0) is 16.6 Å². The third-order valence-electron chi connectivity index (χ3n) is 5.32. The van der Waals surface area contributed by atoms with Crippen molar-refractivity contribution in [2.45, 2.75) is 57.7 Å². The lowest BCUT2D eigenvalue weighted by atomic mass is 9.91. The molecule has 3 heterocycles. The smallest absolute Gasteiger partial charge is 0.214 e. The van der Waals surface area contributed by atoms with Gasteiger partial charge < -0.3 is 9.88 Å². The van der Waals surface area contributed by atoms with Crippen LogP contribution in [0.25, 0.3) is 11.2 Å². The number of anilines is 1. The first-order chi connectivity index (χ1) is 12.1. The van der Waals surface area contributed by atoms with Gasteiger partial charge in [-0.15, -0.1) is 0 Å². The van der Waals surface area contributed by atoms with Crippen LogP contribution in [0.3, 0.4) is 0 Å². The summed E-state index contributed by atoms with van der Waals surface area (Å²) in [6.45, 7) is 3.57. The Morgan fingerprint density at radius 1 is 1.20 bits per heavy atom. The van der Waals surface area contributed by atoms with E-state index in [0.717, 1.165) is 55.6 Å². The fourth-order valence-electron chi connectivity index (χ4n) is 3.99. The highest BCUT2D eigenvalue weighted by Crippen LogP contribution is 2.30. The van der Waals surface area contributed by atoms with Crippen LogP contribution in [0, 0.1) is 0 Å². The van der Waals surface area contributed by atoms with E-state index in [2.05, 4.69) is 27.2 Å². The van der Waals surface area contributed by atoms with Gasteiger partial charge in [-0.3, -0.25) is 0 Å². The molecule has 2 aromatic rings. The second kappa shape index (κ2) is 6.53. The van der Waals surface area contributed by atoms with Crippen molar-refractivity contribution >= 4 is 27.0 Å². The number of aromatic nitrogens is 4. The first-order valence-electron chi connectivity index (χ1n) is 9.00. The maximum Gasteiger partial charge on any atom is 0.214 e. The summed E-state index contributed by atoms with van der Waals surface area (Å²) in [4.78, 5) is 13.1. The van der Waals surface area contributed by atoms with Gasteiger partial charge in [0.05, 0.1) is 12.1 Å². The number of nitrogens with one attached hydrogen (secondary N) is 1. The van der Waals surface area contributed by atoms with Gasteiger partial charge in [0.1, 0.15) is 11.8 Å². The van der Waals surface area contributed by atoms with Crippen molar-refractivity contribution < 1.29 is 8.42 Å². The summed E-state index contributed by atoms with van der Waals surface area (Å²) in [5.41, 5.74) is 1.64. The van der Waals surface area contributed by atoms with Gasteiger partial charge in [0, 0.05) is 25.2 Å². The van der Waals surface area contributed by atoms with Gasteiger partial charge >= 0.3 is 0 Å². The van der Waals surface area contributed by atoms with E-state index >= 15 is 0 Å². The van der Waals surface area contributed by atoms with Crippen molar-refractivity contribution in [3.05, 3.63) is 12.7 Å². The first kappa shape index (κ1) is 16.7. The molecule has 0 atom stereocenters. The van der Waals surface area contributed by atoms with Gasteiger partial charge in [-0.2, -0.15) is 4.31 Å². The number of nitrogens with zero attached hydrogens (tertiary/aromatic N) is 5. The Bertz CT molecular complexity index is 857. The maximum absolute atomic E-state index is 12.1. The van der Waals surface area contributed by atoms with Crippen LogP contribution >= 0.6 is 0 Å². The Labute approximate surface area is 147 Å². The van der Waals surface area contributed by atoms with E-state index in [1.165, 1.54) is 0 Å². The SMILES string of the molecule is CCn1cnc2c(NC3CCC(N4CCCS4(=O)=O)CC3)ncnc21. The van der Waals surface area contributed by atoms with Crippen molar-refractivity contribution in [2.75, 3.05) is 17.6 Å². The number of rotatable bonds is 4. The normalized spacial score (nSPS) is 26.9. The zero-order valence-electron chi connectivity index (χ0n) is 14.4. The van der Waals surface area contributed by atoms with E-state index in [-0.39, 0.29) is 6.04 Å². The highest BCUT2D eigenvalue weighted by atomic mass is 32.2. The number of sulfonamides is 1. The van der Waals surface area contributed by atoms with Gasteiger partial charge in [-0.25, -0.2) is 23.4 Å². The van der Waals surface area contributed by atoms with Crippen molar-refractivity contribution in [3.8, 4) is 0 Å². The zero-order chi connectivity index (χ0) is 17.4. The number of aryl methyl sites for hydroxylation is 1. The van der Waals surface area contributed by atoms with Crippen LogP contribution in [0.5, 0.6) is 0 Å². The van der Waals surface area contributed by atoms with E-state index in [1.807, 2.05) is 4.57 Å². The van der Waals surface area contributed by atoms with Crippen molar-refractivity contribution in [1.82, 2.24) is 23.8 Å². The van der Waals surface area contributed by atoms with Gasteiger partial charge in [0.2, 0.25) is 10.0 Å². The van der Waals surface area contributed by atoms with E-state index in [9.17, 15) is 8.42 Å². The molecule has 0 bridgehead atoms. The van der Waals surface area contributed by atoms with Gasteiger partial charge in [-0.1, -0.05) is 0 Å². The average Bonchev–Trinajstić information content (AvgIpc) is 3.19. The molecule has 1 aliphatic carbocycles. The molecular formula is C16H24N6O2S. The van der Waals surface area contributed by atoms with Crippen LogP contribution in [0.2, 0.25) is 0 Å².